The van der Waals surface area contributed by atoms with Crippen LogP contribution in [-0.4, -0.2) is 24.2 Å². The zero-order valence-electron chi connectivity index (χ0n) is 12.1. The summed E-state index contributed by atoms with van der Waals surface area (Å²) in [4.78, 5) is 22.7. The summed E-state index contributed by atoms with van der Waals surface area (Å²) in [6.45, 7) is 0. The second-order valence-corrected chi connectivity index (χ2v) is 5.20. The molecule has 0 aliphatic carbocycles. The van der Waals surface area contributed by atoms with Crippen molar-refractivity contribution in [3.8, 4) is 11.1 Å². The lowest BCUT2D eigenvalue weighted by atomic mass is 9.98. The molecule has 0 aliphatic rings. The summed E-state index contributed by atoms with van der Waals surface area (Å²) in [6.07, 6.45) is -4.71. The highest BCUT2D eigenvalue weighted by Gasteiger charge is 2.32. The number of methoxy groups -OCH3 is 1. The molecule has 0 heterocycles. The lowest BCUT2D eigenvalue weighted by Gasteiger charge is -2.12. The van der Waals surface area contributed by atoms with Crippen LogP contribution in [0.25, 0.3) is 11.1 Å². The van der Waals surface area contributed by atoms with E-state index in [1.54, 1.807) is 0 Å². The first kappa shape index (κ1) is 17.8. The topological polar surface area (TPSA) is 63.6 Å². The molecule has 8 heteroatoms. The average Bonchev–Trinajstić information content (AvgIpc) is 2.53. The normalized spacial score (nSPS) is 11.2. The van der Waals surface area contributed by atoms with E-state index in [0.29, 0.717) is 6.07 Å². The maximum atomic E-state index is 13.0. The van der Waals surface area contributed by atoms with Gasteiger partial charge in [-0.25, -0.2) is 9.59 Å². The number of rotatable bonds is 3. The van der Waals surface area contributed by atoms with Gasteiger partial charge in [-0.05, 0) is 41.5 Å². The van der Waals surface area contributed by atoms with Crippen LogP contribution in [0.5, 0.6) is 0 Å². The number of carbonyl (C=O) groups excluding carboxylic acids is 1. The molecule has 0 bridgehead atoms. The minimum Gasteiger partial charge on any atom is -0.478 e. The molecule has 2 aromatic carbocycles. The lowest BCUT2D eigenvalue weighted by Crippen LogP contribution is -2.08. The van der Waals surface area contributed by atoms with E-state index < -0.39 is 29.2 Å². The van der Waals surface area contributed by atoms with Crippen LogP contribution in [0.4, 0.5) is 13.2 Å². The molecular formula is C16H10ClF3O4. The average molecular weight is 359 g/mol. The molecule has 0 saturated carbocycles. The van der Waals surface area contributed by atoms with Crippen molar-refractivity contribution in [3.05, 3.63) is 58.1 Å². The first-order valence-electron chi connectivity index (χ1n) is 6.47. The summed E-state index contributed by atoms with van der Waals surface area (Å²) in [5, 5.41) is 9.07. The summed E-state index contributed by atoms with van der Waals surface area (Å²) in [6, 6.07) is 6.39. The van der Waals surface area contributed by atoms with E-state index in [1.165, 1.54) is 18.2 Å². The monoisotopic (exact) mass is 358 g/mol. The Morgan fingerprint density at radius 1 is 1.08 bits per heavy atom. The number of benzene rings is 2. The van der Waals surface area contributed by atoms with Crippen molar-refractivity contribution < 1.29 is 32.6 Å². The van der Waals surface area contributed by atoms with Crippen LogP contribution in [0.2, 0.25) is 5.02 Å². The number of alkyl halides is 3. The molecule has 2 aromatic rings. The van der Waals surface area contributed by atoms with E-state index in [4.69, 9.17) is 16.7 Å². The fourth-order valence-corrected chi connectivity index (χ4v) is 2.25. The minimum absolute atomic E-state index is 0.0101. The van der Waals surface area contributed by atoms with E-state index in [1.807, 2.05) is 0 Å². The Bertz CT molecular complexity index is 815. The molecule has 0 fully saturated rings. The van der Waals surface area contributed by atoms with Gasteiger partial charge in [-0.3, -0.25) is 0 Å². The van der Waals surface area contributed by atoms with Gasteiger partial charge in [0.1, 0.15) is 0 Å². The van der Waals surface area contributed by atoms with Crippen molar-refractivity contribution in [1.29, 1.82) is 0 Å². The lowest BCUT2D eigenvalue weighted by molar-refractivity contribution is -0.137. The Kier molecular flexibility index (Phi) is 4.84. The number of ether oxygens (including phenoxy) is 1. The number of hydrogen-bond donors (Lipinski definition) is 1. The van der Waals surface area contributed by atoms with Crippen LogP contribution in [-0.2, 0) is 10.9 Å². The molecule has 126 valence electrons. The molecule has 0 amide bonds. The molecule has 4 nitrogen and oxygen atoms in total. The minimum atomic E-state index is -4.71. The Balaban J connectivity index is 2.66. The fraction of sp³-hybridized carbons (Fsp3) is 0.125. The number of carbonyl (C=O) groups is 2. The van der Waals surface area contributed by atoms with Crippen LogP contribution in [0.1, 0.15) is 26.3 Å². The molecule has 0 radical (unpaired) electrons. The molecule has 0 saturated heterocycles. The van der Waals surface area contributed by atoms with Gasteiger partial charge in [0.2, 0.25) is 0 Å². The Hall–Kier alpha value is -2.54. The molecule has 1 N–H and O–H groups in total. The van der Waals surface area contributed by atoms with Crippen LogP contribution in [0.15, 0.2) is 36.4 Å². The largest absolute Gasteiger partial charge is 0.478 e. The second-order valence-electron chi connectivity index (χ2n) is 4.79. The third kappa shape index (κ3) is 3.68. The van der Waals surface area contributed by atoms with E-state index in [9.17, 15) is 22.8 Å². The third-order valence-electron chi connectivity index (χ3n) is 3.21. The molecule has 24 heavy (non-hydrogen) atoms. The van der Waals surface area contributed by atoms with E-state index in [-0.39, 0.29) is 21.7 Å². The van der Waals surface area contributed by atoms with Crippen molar-refractivity contribution in [2.24, 2.45) is 0 Å². The maximum absolute atomic E-state index is 13.0. The molecule has 0 atom stereocenters. The summed E-state index contributed by atoms with van der Waals surface area (Å²) in [7, 11) is 1.14. The fourth-order valence-electron chi connectivity index (χ4n) is 2.05. The van der Waals surface area contributed by atoms with Gasteiger partial charge in [-0.1, -0.05) is 17.7 Å². The van der Waals surface area contributed by atoms with Crippen LogP contribution >= 0.6 is 11.6 Å². The van der Waals surface area contributed by atoms with Crippen LogP contribution in [0.3, 0.4) is 0 Å². The Labute approximate surface area is 139 Å². The van der Waals surface area contributed by atoms with Crippen molar-refractivity contribution in [2.75, 3.05) is 7.11 Å². The van der Waals surface area contributed by atoms with Gasteiger partial charge >= 0.3 is 18.1 Å². The number of aromatic carboxylic acids is 1. The predicted molar refractivity (Wildman–Crippen MR) is 80.2 cm³/mol. The van der Waals surface area contributed by atoms with Crippen molar-refractivity contribution in [1.82, 2.24) is 0 Å². The number of esters is 1. The zero-order chi connectivity index (χ0) is 18.1. The summed E-state index contributed by atoms with van der Waals surface area (Å²) in [5.74, 6) is -2.25. The van der Waals surface area contributed by atoms with Crippen molar-refractivity contribution in [2.45, 2.75) is 6.18 Å². The highest BCUT2D eigenvalue weighted by molar-refractivity contribution is 6.33. The molecule has 2 rings (SSSR count). The molecular weight excluding hydrogens is 349 g/mol. The number of carboxylic acids is 1. The molecule has 0 spiro atoms. The number of carboxylic acid groups (broad SMARTS) is 1. The van der Waals surface area contributed by atoms with Gasteiger partial charge in [0, 0.05) is 0 Å². The van der Waals surface area contributed by atoms with Gasteiger partial charge < -0.3 is 9.84 Å². The van der Waals surface area contributed by atoms with Crippen LogP contribution in [0, 0.1) is 0 Å². The van der Waals surface area contributed by atoms with Crippen molar-refractivity contribution in [3.63, 3.8) is 0 Å². The van der Waals surface area contributed by atoms with Crippen LogP contribution < -0.4 is 0 Å². The van der Waals surface area contributed by atoms with E-state index in [2.05, 4.69) is 4.74 Å². The standard InChI is InChI=1S/C16H10ClF3O4/c1-24-15(23)12-7-8(2-3-13(12)17)9-4-10(14(21)22)6-11(5-9)16(18,19)20/h2-7H,1H3,(H,21,22). The van der Waals surface area contributed by atoms with E-state index >= 15 is 0 Å². The highest BCUT2D eigenvalue weighted by atomic mass is 35.5. The van der Waals surface area contributed by atoms with Gasteiger partial charge in [0.05, 0.1) is 28.8 Å². The second kappa shape index (κ2) is 6.52. The number of halogens is 4. The molecule has 0 aliphatic heterocycles. The summed E-state index contributed by atoms with van der Waals surface area (Å²) < 4.78 is 43.4. The molecule has 0 unspecified atom stereocenters. The van der Waals surface area contributed by atoms with Gasteiger partial charge in [0.25, 0.3) is 0 Å². The predicted octanol–water partition coefficient (Wildman–Crippen LogP) is 4.51. The quantitative estimate of drug-likeness (QED) is 0.820. The number of hydrogen-bond acceptors (Lipinski definition) is 3. The SMILES string of the molecule is COC(=O)c1cc(-c2cc(C(=O)O)cc(C(F)(F)F)c2)ccc1Cl. The summed E-state index contributed by atoms with van der Waals surface area (Å²) in [5.41, 5.74) is -1.47. The van der Waals surface area contributed by atoms with Crippen molar-refractivity contribution >= 4 is 23.5 Å². The zero-order valence-corrected chi connectivity index (χ0v) is 12.9. The van der Waals surface area contributed by atoms with E-state index in [0.717, 1.165) is 19.2 Å². The smallest absolute Gasteiger partial charge is 0.416 e. The van der Waals surface area contributed by atoms with Gasteiger partial charge in [0.15, 0.2) is 0 Å². The maximum Gasteiger partial charge on any atom is 0.416 e. The summed E-state index contributed by atoms with van der Waals surface area (Å²) >= 11 is 5.87. The first-order chi connectivity index (χ1) is 11.1. The van der Waals surface area contributed by atoms with Gasteiger partial charge in [-0.15, -0.1) is 0 Å². The third-order valence-corrected chi connectivity index (χ3v) is 3.54. The molecule has 0 aromatic heterocycles. The van der Waals surface area contributed by atoms with Gasteiger partial charge in [-0.2, -0.15) is 13.2 Å². The Morgan fingerprint density at radius 3 is 2.29 bits per heavy atom. The Morgan fingerprint density at radius 2 is 1.75 bits per heavy atom. The highest BCUT2D eigenvalue weighted by Crippen LogP contribution is 2.34. The first-order valence-corrected chi connectivity index (χ1v) is 6.85.